The van der Waals surface area contributed by atoms with Crippen LogP contribution in [-0.2, 0) is 6.32 Å². The van der Waals surface area contributed by atoms with Crippen molar-refractivity contribution in [3.8, 4) is 0 Å². The Morgan fingerprint density at radius 2 is 1.67 bits per heavy atom. The molecule has 0 bridgehead atoms. The van der Waals surface area contributed by atoms with E-state index in [1.807, 2.05) is 0 Å². The van der Waals surface area contributed by atoms with E-state index in [-0.39, 0.29) is 0 Å². The highest BCUT2D eigenvalue weighted by Crippen LogP contribution is 2.09. The second-order valence-corrected chi connectivity index (χ2v) is 6.72. The van der Waals surface area contributed by atoms with Crippen molar-refractivity contribution in [1.29, 1.82) is 0 Å². The molecule has 2 aromatic rings. The summed E-state index contributed by atoms with van der Waals surface area (Å²) >= 11 is 0. The van der Waals surface area contributed by atoms with E-state index in [0.29, 0.717) is 13.4 Å². The van der Waals surface area contributed by atoms with Crippen molar-refractivity contribution in [2.45, 2.75) is 26.4 Å². The number of benzene rings is 2. The summed E-state index contributed by atoms with van der Waals surface area (Å²) in [4.78, 5) is 0. The molecule has 0 aliphatic heterocycles. The Morgan fingerprint density at radius 1 is 0.875 bits per heavy atom. The molecule has 0 N–H and O–H groups in total. The minimum Gasteiger partial charge on any atom is -0.0814 e. The summed E-state index contributed by atoms with van der Waals surface area (Å²) in [6, 6.07) is 19.9. The topological polar surface area (TPSA) is 0 Å². The molecule has 0 amide bonds. The van der Waals surface area contributed by atoms with Gasteiger partial charge in [-0.05, 0) is 12.7 Å². The van der Waals surface area contributed by atoms with E-state index >= 15 is 0 Å². The van der Waals surface area contributed by atoms with E-state index < -0.39 is 0 Å². The van der Waals surface area contributed by atoms with Gasteiger partial charge in [0.1, 0.15) is 0 Å². The van der Waals surface area contributed by atoms with Crippen LogP contribution in [0.1, 0.15) is 12.0 Å². The van der Waals surface area contributed by atoms with Crippen LogP contribution in [0.5, 0.6) is 0 Å². The third-order valence-electron chi connectivity index (χ3n) is 4.87. The number of hydrogen-bond donors (Lipinski definition) is 0. The molecule has 0 saturated carbocycles. The molecule has 0 saturated heterocycles. The van der Waals surface area contributed by atoms with Crippen molar-refractivity contribution >= 4 is 24.4 Å². The summed E-state index contributed by atoms with van der Waals surface area (Å²) in [7, 11) is 0. The van der Waals surface area contributed by atoms with Crippen molar-refractivity contribution < 1.29 is 0 Å². The summed E-state index contributed by atoms with van der Waals surface area (Å²) in [6.07, 6.45) is 13.2. The van der Waals surface area contributed by atoms with Crippen LogP contribution < -0.4 is 10.9 Å². The molecule has 3 rings (SSSR count). The van der Waals surface area contributed by atoms with Crippen molar-refractivity contribution in [3.05, 3.63) is 96.0 Å². The van der Waals surface area contributed by atoms with Crippen LogP contribution in [0, 0.1) is 0 Å². The highest BCUT2D eigenvalue weighted by Gasteiger charge is 2.17. The largest absolute Gasteiger partial charge is 0.206 e. The molecule has 1 aliphatic carbocycles. The van der Waals surface area contributed by atoms with Gasteiger partial charge >= 0.3 is 0 Å². The first kappa shape index (κ1) is 16.6. The lowest BCUT2D eigenvalue weighted by Crippen LogP contribution is -2.36. The Bertz CT molecular complexity index is 757. The van der Waals surface area contributed by atoms with Gasteiger partial charge in [0, 0.05) is 0 Å². The monoisotopic (exact) mass is 310 g/mol. The minimum absolute atomic E-state index is 0.424. The molecular formula is C22H24B2. The van der Waals surface area contributed by atoms with Crippen LogP contribution in [0.15, 0.2) is 90.4 Å². The Kier molecular flexibility index (Phi) is 5.59. The quantitative estimate of drug-likeness (QED) is 0.729. The molecule has 0 spiro atoms. The second-order valence-electron chi connectivity index (χ2n) is 6.72. The molecule has 0 atom stereocenters. The van der Waals surface area contributed by atoms with Gasteiger partial charge in [0.05, 0.1) is 0 Å². The van der Waals surface area contributed by atoms with Crippen LogP contribution in [0.3, 0.4) is 0 Å². The van der Waals surface area contributed by atoms with Crippen LogP contribution in [0.2, 0.25) is 13.6 Å². The van der Waals surface area contributed by atoms with Gasteiger partial charge in [-0.25, -0.2) is 0 Å². The molecule has 0 unspecified atom stereocenters. The molecule has 0 radical (unpaired) electrons. The normalized spacial score (nSPS) is 13.3. The molecule has 0 heterocycles. The number of hydrogen-bond acceptors (Lipinski definition) is 0. The van der Waals surface area contributed by atoms with Gasteiger partial charge in [-0.2, -0.15) is 0 Å². The van der Waals surface area contributed by atoms with Gasteiger partial charge in [0.25, 0.3) is 0 Å². The van der Waals surface area contributed by atoms with Crippen molar-refractivity contribution in [2.75, 3.05) is 0 Å². The fraction of sp³-hybridized carbons (Fsp3) is 0.182. The number of rotatable bonds is 5. The molecule has 0 fully saturated rings. The third-order valence-corrected chi connectivity index (χ3v) is 4.87. The maximum absolute atomic E-state index is 2.39. The van der Waals surface area contributed by atoms with E-state index in [2.05, 4.69) is 98.6 Å². The molecule has 1 aliphatic rings. The maximum Gasteiger partial charge on any atom is 0.206 e. The van der Waals surface area contributed by atoms with Crippen LogP contribution in [0.4, 0.5) is 0 Å². The van der Waals surface area contributed by atoms with E-state index in [0.717, 1.165) is 12.7 Å². The molecule has 2 heteroatoms. The summed E-state index contributed by atoms with van der Waals surface area (Å²) < 4.78 is 0. The fourth-order valence-corrected chi connectivity index (χ4v) is 3.30. The molecule has 24 heavy (non-hydrogen) atoms. The Hall–Kier alpha value is -2.21. The smallest absolute Gasteiger partial charge is 0.0814 e. The lowest BCUT2D eigenvalue weighted by molar-refractivity contribution is 1.36. The first-order chi connectivity index (χ1) is 11.7. The summed E-state index contributed by atoms with van der Waals surface area (Å²) in [5.41, 5.74) is 5.62. The first-order valence-corrected chi connectivity index (χ1v) is 8.91. The fourth-order valence-electron chi connectivity index (χ4n) is 3.30. The molecule has 0 nitrogen and oxygen atoms in total. The standard InChI is InChI=1S/C22H24B2/c1-23(18-19-11-6-5-7-12-19)21-15-10-16-22(17-21)24(2)20-13-8-3-4-9-14-20/h3,5-17H,4,18H2,1-2H3. The lowest BCUT2D eigenvalue weighted by Gasteiger charge is -2.14. The Morgan fingerprint density at radius 3 is 2.50 bits per heavy atom. The predicted molar refractivity (Wildman–Crippen MR) is 110 cm³/mol. The average Bonchev–Trinajstić information content (AvgIpc) is 2.91. The van der Waals surface area contributed by atoms with Gasteiger partial charge in [0.15, 0.2) is 6.71 Å². The molecule has 0 aromatic heterocycles. The van der Waals surface area contributed by atoms with Crippen molar-refractivity contribution in [3.63, 3.8) is 0 Å². The average molecular weight is 310 g/mol. The molecule has 2 aromatic carbocycles. The van der Waals surface area contributed by atoms with Gasteiger partial charge in [-0.3, -0.25) is 0 Å². The van der Waals surface area contributed by atoms with Gasteiger partial charge in [-0.15, -0.1) is 0 Å². The zero-order valence-corrected chi connectivity index (χ0v) is 14.7. The SMILES string of the molecule is CB(Cc1ccccc1)c1cccc(B(C)C2=CC=CCC=C2)c1. The summed E-state index contributed by atoms with van der Waals surface area (Å²) in [5, 5.41) is 0. The van der Waals surface area contributed by atoms with E-state index in [9.17, 15) is 0 Å². The van der Waals surface area contributed by atoms with Crippen LogP contribution in [-0.4, -0.2) is 13.4 Å². The van der Waals surface area contributed by atoms with Crippen molar-refractivity contribution in [1.82, 2.24) is 0 Å². The second kappa shape index (κ2) is 8.06. The third kappa shape index (κ3) is 4.20. The van der Waals surface area contributed by atoms with Crippen LogP contribution >= 0.6 is 0 Å². The predicted octanol–water partition coefficient (Wildman–Crippen LogP) is 4.11. The van der Waals surface area contributed by atoms with E-state index in [1.165, 1.54) is 22.0 Å². The van der Waals surface area contributed by atoms with E-state index in [4.69, 9.17) is 0 Å². The first-order valence-electron chi connectivity index (χ1n) is 8.91. The van der Waals surface area contributed by atoms with Gasteiger partial charge < -0.3 is 0 Å². The maximum atomic E-state index is 2.39. The van der Waals surface area contributed by atoms with Crippen LogP contribution in [0.25, 0.3) is 0 Å². The van der Waals surface area contributed by atoms with Gasteiger partial charge in [0.2, 0.25) is 6.71 Å². The Labute approximate surface area is 147 Å². The molecule has 118 valence electrons. The lowest BCUT2D eigenvalue weighted by atomic mass is 9.39. The molecular weight excluding hydrogens is 286 g/mol. The van der Waals surface area contributed by atoms with Crippen molar-refractivity contribution in [2.24, 2.45) is 0 Å². The number of allylic oxidation sites excluding steroid dienone is 6. The zero-order valence-electron chi connectivity index (χ0n) is 14.7. The highest BCUT2D eigenvalue weighted by atomic mass is 14.0. The summed E-state index contributed by atoms with van der Waals surface area (Å²) in [5.74, 6) is 0. The highest BCUT2D eigenvalue weighted by molar-refractivity contribution is 6.80. The van der Waals surface area contributed by atoms with E-state index in [1.54, 1.807) is 0 Å². The van der Waals surface area contributed by atoms with Gasteiger partial charge in [-0.1, -0.05) is 121 Å². The minimum atomic E-state index is 0.424. The zero-order chi connectivity index (χ0) is 16.8. The summed E-state index contributed by atoms with van der Waals surface area (Å²) in [6.45, 7) is 5.58. The Balaban J connectivity index is 1.78.